The van der Waals surface area contributed by atoms with Crippen LogP contribution in [0.4, 0.5) is 0 Å². The third kappa shape index (κ3) is 3.51. The molecule has 0 N–H and O–H groups in total. The van der Waals surface area contributed by atoms with E-state index in [4.69, 9.17) is 0 Å². The molecule has 1 aromatic carbocycles. The molecule has 1 fully saturated rings. The Morgan fingerprint density at radius 2 is 1.70 bits per heavy atom. The van der Waals surface area contributed by atoms with Crippen molar-refractivity contribution in [2.75, 3.05) is 33.2 Å². The highest BCUT2D eigenvalue weighted by Crippen LogP contribution is 2.22. The average Bonchev–Trinajstić information content (AvgIpc) is 3.12. The van der Waals surface area contributed by atoms with Gasteiger partial charge in [-0.15, -0.1) is 0 Å². The smallest absolute Gasteiger partial charge is 0.253 e. The summed E-state index contributed by atoms with van der Waals surface area (Å²) in [6.45, 7) is 3.25. The summed E-state index contributed by atoms with van der Waals surface area (Å²) >= 11 is -2.36. The van der Waals surface area contributed by atoms with Crippen molar-refractivity contribution >= 4 is 22.6 Å². The Bertz CT molecular complexity index is 1010. The first-order chi connectivity index (χ1) is 13.0. The van der Waals surface area contributed by atoms with Crippen LogP contribution in [0.15, 0.2) is 53.8 Å². The number of hydrogen-bond acceptors (Lipinski definition) is 5. The minimum Gasteiger partial charge on any atom is -0.767 e. The fourth-order valence-corrected chi connectivity index (χ4v) is 3.70. The molecule has 3 heterocycles. The van der Waals surface area contributed by atoms with E-state index < -0.39 is 11.1 Å². The number of imidazole rings is 1. The first-order valence-corrected chi connectivity index (χ1v) is 9.75. The lowest BCUT2D eigenvalue weighted by atomic mass is 10.0. The van der Waals surface area contributed by atoms with E-state index in [1.807, 2.05) is 35.2 Å². The van der Waals surface area contributed by atoms with Gasteiger partial charge in [-0.2, -0.15) is 0 Å². The molecular formula is C19H19N4O3S-. The normalized spacial score (nSPS) is 16.6. The second-order valence-electron chi connectivity index (χ2n) is 6.65. The van der Waals surface area contributed by atoms with E-state index in [2.05, 4.69) is 16.9 Å². The molecule has 2 aromatic heterocycles. The van der Waals surface area contributed by atoms with Gasteiger partial charge in [-0.05, 0) is 53.5 Å². The fourth-order valence-electron chi connectivity index (χ4n) is 3.25. The van der Waals surface area contributed by atoms with Gasteiger partial charge in [0.25, 0.3) is 5.91 Å². The number of nitrogens with zero attached hydrogens (tertiary/aromatic N) is 4. The highest BCUT2D eigenvalue weighted by Gasteiger charge is 2.20. The predicted molar refractivity (Wildman–Crippen MR) is 101 cm³/mol. The maximum absolute atomic E-state index is 12.6. The molecule has 0 saturated carbocycles. The minimum absolute atomic E-state index is 0.0451. The Labute approximate surface area is 159 Å². The molecule has 7 nitrogen and oxygen atoms in total. The summed E-state index contributed by atoms with van der Waals surface area (Å²) in [4.78, 5) is 20.8. The average molecular weight is 383 g/mol. The molecule has 4 rings (SSSR count). The van der Waals surface area contributed by atoms with E-state index in [1.54, 1.807) is 16.7 Å². The standard InChI is InChI=1S/C19H20N4O3S/c1-21-8-10-22(11-9-21)19(24)15-4-2-14(3-5-15)16-6-7-17-20-12-18(27(25)26)23(17)13-16/h2-7,12-13H,8-11H2,1H3,(H,25,26)/p-1. The number of carbonyl (C=O) groups is 1. The van der Waals surface area contributed by atoms with E-state index in [9.17, 15) is 13.6 Å². The molecular weight excluding hydrogens is 364 g/mol. The van der Waals surface area contributed by atoms with Crippen molar-refractivity contribution in [3.8, 4) is 11.1 Å². The first kappa shape index (κ1) is 17.8. The van der Waals surface area contributed by atoms with Crippen molar-refractivity contribution in [2.24, 2.45) is 0 Å². The van der Waals surface area contributed by atoms with Gasteiger partial charge in [-0.1, -0.05) is 12.1 Å². The molecule has 0 bridgehead atoms. The number of fused-ring (bicyclic) bond motifs is 1. The molecule has 8 heteroatoms. The van der Waals surface area contributed by atoms with Crippen LogP contribution in [-0.2, 0) is 11.1 Å². The van der Waals surface area contributed by atoms with Gasteiger partial charge in [-0.3, -0.25) is 13.4 Å². The van der Waals surface area contributed by atoms with Crippen LogP contribution in [0.3, 0.4) is 0 Å². The Morgan fingerprint density at radius 1 is 1.04 bits per heavy atom. The first-order valence-electron chi connectivity index (χ1n) is 8.67. The Kier molecular flexibility index (Phi) is 4.77. The Hall–Kier alpha value is -2.55. The van der Waals surface area contributed by atoms with Crippen LogP contribution in [0.25, 0.3) is 16.8 Å². The molecule has 3 aromatic rings. The van der Waals surface area contributed by atoms with Crippen LogP contribution >= 0.6 is 0 Å². The SMILES string of the molecule is CN1CCN(C(=O)c2ccc(-c3ccc4ncc(S(=O)[O-])n4c3)cc2)CC1. The molecule has 1 unspecified atom stereocenters. The van der Waals surface area contributed by atoms with Crippen LogP contribution < -0.4 is 0 Å². The van der Waals surface area contributed by atoms with Crippen molar-refractivity contribution in [3.05, 3.63) is 54.4 Å². The second-order valence-corrected chi connectivity index (χ2v) is 7.54. The Balaban J connectivity index is 1.58. The van der Waals surface area contributed by atoms with Gasteiger partial charge in [0.2, 0.25) is 0 Å². The van der Waals surface area contributed by atoms with Crippen LogP contribution in [0.1, 0.15) is 10.4 Å². The molecule has 140 valence electrons. The topological polar surface area (TPSA) is 81.0 Å². The number of aromatic nitrogens is 2. The van der Waals surface area contributed by atoms with Gasteiger partial charge in [0.05, 0.1) is 6.20 Å². The fraction of sp³-hybridized carbons (Fsp3) is 0.263. The van der Waals surface area contributed by atoms with Crippen molar-refractivity contribution < 1.29 is 13.6 Å². The number of piperazine rings is 1. The largest absolute Gasteiger partial charge is 0.767 e. The van der Waals surface area contributed by atoms with Gasteiger partial charge in [0.1, 0.15) is 10.7 Å². The number of amides is 1. The van der Waals surface area contributed by atoms with Crippen molar-refractivity contribution in [2.45, 2.75) is 5.03 Å². The zero-order valence-corrected chi connectivity index (χ0v) is 15.7. The zero-order chi connectivity index (χ0) is 19.0. The van der Waals surface area contributed by atoms with Crippen molar-refractivity contribution in [1.29, 1.82) is 0 Å². The molecule has 27 heavy (non-hydrogen) atoms. The lowest BCUT2D eigenvalue weighted by molar-refractivity contribution is 0.0664. The van der Waals surface area contributed by atoms with Gasteiger partial charge < -0.3 is 14.4 Å². The van der Waals surface area contributed by atoms with Gasteiger partial charge in [0, 0.05) is 37.9 Å². The quantitative estimate of drug-likeness (QED) is 0.642. The van der Waals surface area contributed by atoms with Crippen LogP contribution in [0.5, 0.6) is 0 Å². The summed E-state index contributed by atoms with van der Waals surface area (Å²) in [6, 6.07) is 11.1. The number of likely N-dealkylation sites (N-methyl/N-ethyl adjacent to an activating group) is 1. The van der Waals surface area contributed by atoms with Crippen LogP contribution in [-0.4, -0.2) is 67.1 Å². The minimum atomic E-state index is -2.36. The number of carbonyl (C=O) groups excluding carboxylic acids is 1. The summed E-state index contributed by atoms with van der Waals surface area (Å²) in [7, 11) is 2.06. The number of hydrogen-bond donors (Lipinski definition) is 0. The molecule has 1 amide bonds. The highest BCUT2D eigenvalue weighted by atomic mass is 32.2. The zero-order valence-electron chi connectivity index (χ0n) is 14.9. The molecule has 0 spiro atoms. The summed E-state index contributed by atoms with van der Waals surface area (Å²) in [5.74, 6) is 0.0451. The molecule has 1 aliphatic rings. The van der Waals surface area contributed by atoms with E-state index in [1.165, 1.54) is 6.20 Å². The molecule has 0 aliphatic carbocycles. The van der Waals surface area contributed by atoms with Crippen LogP contribution in [0, 0.1) is 0 Å². The second kappa shape index (κ2) is 7.22. The monoisotopic (exact) mass is 383 g/mol. The third-order valence-corrected chi connectivity index (χ3v) is 5.54. The highest BCUT2D eigenvalue weighted by molar-refractivity contribution is 7.79. The summed E-state index contributed by atoms with van der Waals surface area (Å²) in [5.41, 5.74) is 2.99. The molecule has 1 aliphatic heterocycles. The Morgan fingerprint density at radius 3 is 2.37 bits per heavy atom. The third-order valence-electron chi connectivity index (χ3n) is 4.90. The maximum atomic E-state index is 12.6. The number of benzene rings is 1. The van der Waals surface area contributed by atoms with E-state index in [-0.39, 0.29) is 10.9 Å². The lowest BCUT2D eigenvalue weighted by Gasteiger charge is -2.32. The van der Waals surface area contributed by atoms with Crippen LogP contribution in [0.2, 0.25) is 0 Å². The lowest BCUT2D eigenvalue weighted by Crippen LogP contribution is -2.47. The van der Waals surface area contributed by atoms with E-state index in [0.717, 1.165) is 37.3 Å². The van der Waals surface area contributed by atoms with E-state index in [0.29, 0.717) is 11.2 Å². The van der Waals surface area contributed by atoms with Crippen molar-refractivity contribution in [1.82, 2.24) is 19.2 Å². The summed E-state index contributed by atoms with van der Waals surface area (Å²) in [6.07, 6.45) is 3.07. The number of rotatable bonds is 3. The molecule has 0 radical (unpaired) electrons. The van der Waals surface area contributed by atoms with Crippen molar-refractivity contribution in [3.63, 3.8) is 0 Å². The summed E-state index contributed by atoms with van der Waals surface area (Å²) in [5, 5.41) is 0.119. The van der Waals surface area contributed by atoms with E-state index >= 15 is 0 Å². The maximum Gasteiger partial charge on any atom is 0.253 e. The number of pyridine rings is 1. The molecule has 1 atom stereocenters. The summed E-state index contributed by atoms with van der Waals surface area (Å²) < 4.78 is 24.2. The molecule has 1 saturated heterocycles. The predicted octanol–water partition coefficient (Wildman–Crippen LogP) is 1.63. The van der Waals surface area contributed by atoms with Gasteiger partial charge in [0.15, 0.2) is 0 Å². The van der Waals surface area contributed by atoms with Gasteiger partial charge in [-0.25, -0.2) is 4.98 Å². The van der Waals surface area contributed by atoms with Gasteiger partial charge >= 0.3 is 0 Å².